The molecule has 0 radical (unpaired) electrons. The first-order chi connectivity index (χ1) is 13.3. The lowest BCUT2D eigenvalue weighted by molar-refractivity contribution is -0.142. The highest BCUT2D eigenvalue weighted by Gasteiger charge is 2.36. The van der Waals surface area contributed by atoms with Gasteiger partial charge in [-0.05, 0) is 19.4 Å². The molecule has 2 heterocycles. The van der Waals surface area contributed by atoms with Crippen molar-refractivity contribution >= 4 is 11.6 Å². The van der Waals surface area contributed by atoms with E-state index in [4.69, 9.17) is 4.74 Å². The van der Waals surface area contributed by atoms with Gasteiger partial charge in [-0.15, -0.1) is 0 Å². The Morgan fingerprint density at radius 1 is 1.18 bits per heavy atom. The van der Waals surface area contributed by atoms with Crippen molar-refractivity contribution in [2.24, 2.45) is 0 Å². The molecule has 3 rings (SSSR count). The van der Waals surface area contributed by atoms with Crippen LogP contribution in [0.4, 0.5) is 13.2 Å². The maximum absolute atomic E-state index is 13.6. The van der Waals surface area contributed by atoms with Gasteiger partial charge in [-0.2, -0.15) is 18.3 Å². The molecule has 0 amide bonds. The predicted molar refractivity (Wildman–Crippen MR) is 98.0 cm³/mol. The summed E-state index contributed by atoms with van der Waals surface area (Å²) in [6, 6.07) is 7.88. The summed E-state index contributed by atoms with van der Waals surface area (Å²) in [5.74, 6) is -0.729. The fourth-order valence-corrected chi connectivity index (χ4v) is 2.78. The lowest BCUT2D eigenvalue weighted by Gasteiger charge is -2.11. The second-order valence-corrected chi connectivity index (χ2v) is 6.53. The minimum Gasteiger partial charge on any atom is -0.462 e. The molecule has 0 spiro atoms. The van der Waals surface area contributed by atoms with Crippen molar-refractivity contribution in [3.8, 4) is 11.3 Å². The van der Waals surface area contributed by atoms with Crippen LogP contribution in [0, 0.1) is 6.92 Å². The van der Waals surface area contributed by atoms with Crippen LogP contribution in [-0.2, 0) is 10.9 Å². The standard InChI is InChI=1S/C20H20F3N3O2/c1-3-4-5-10-28-19(27)15-12-24-26-17(20(21,22)23)11-16(25-18(15)26)14-8-6-13(2)7-9-14/h6-9,11-12H,3-5,10H2,1-2H3. The van der Waals surface area contributed by atoms with E-state index in [1.165, 1.54) is 0 Å². The normalized spacial score (nSPS) is 11.8. The van der Waals surface area contributed by atoms with Crippen LogP contribution in [0.5, 0.6) is 0 Å². The van der Waals surface area contributed by atoms with Crippen LogP contribution >= 0.6 is 0 Å². The SMILES string of the molecule is CCCCCOC(=O)c1cnn2c(C(F)(F)F)cc(-c3ccc(C)cc3)nc12. The van der Waals surface area contributed by atoms with Gasteiger partial charge in [0.1, 0.15) is 5.56 Å². The monoisotopic (exact) mass is 391 g/mol. The summed E-state index contributed by atoms with van der Waals surface area (Å²) in [6.07, 6.45) is -1.04. The molecule has 2 aromatic heterocycles. The maximum Gasteiger partial charge on any atom is 0.433 e. The van der Waals surface area contributed by atoms with Crippen molar-refractivity contribution in [2.75, 3.05) is 6.61 Å². The molecule has 0 saturated carbocycles. The molecule has 3 aromatic rings. The number of rotatable bonds is 6. The molecule has 0 bridgehead atoms. The van der Waals surface area contributed by atoms with Crippen molar-refractivity contribution < 1.29 is 22.7 Å². The quantitative estimate of drug-likeness (QED) is 0.435. The van der Waals surface area contributed by atoms with Gasteiger partial charge in [0.2, 0.25) is 0 Å². The molecule has 0 unspecified atom stereocenters. The molecule has 0 aliphatic carbocycles. The van der Waals surface area contributed by atoms with E-state index in [0.717, 1.165) is 30.7 Å². The zero-order valence-electron chi connectivity index (χ0n) is 15.6. The highest BCUT2D eigenvalue weighted by atomic mass is 19.4. The maximum atomic E-state index is 13.6. The van der Waals surface area contributed by atoms with E-state index >= 15 is 0 Å². The summed E-state index contributed by atoms with van der Waals surface area (Å²) in [5, 5.41) is 3.73. The average Bonchev–Trinajstić information content (AvgIpc) is 3.08. The van der Waals surface area contributed by atoms with E-state index < -0.39 is 17.8 Å². The van der Waals surface area contributed by atoms with Crippen LogP contribution in [0.25, 0.3) is 16.9 Å². The zero-order chi connectivity index (χ0) is 20.3. The van der Waals surface area contributed by atoms with E-state index in [9.17, 15) is 18.0 Å². The number of hydrogen-bond donors (Lipinski definition) is 0. The number of alkyl halides is 3. The Morgan fingerprint density at radius 3 is 2.54 bits per heavy atom. The van der Waals surface area contributed by atoms with E-state index in [1.807, 2.05) is 13.8 Å². The number of aryl methyl sites for hydroxylation is 1. The number of unbranched alkanes of at least 4 members (excludes halogenated alkanes) is 2. The first-order valence-corrected chi connectivity index (χ1v) is 9.01. The number of carbonyl (C=O) groups is 1. The van der Waals surface area contributed by atoms with Crippen LogP contribution in [0.15, 0.2) is 36.5 Å². The Morgan fingerprint density at radius 2 is 1.89 bits per heavy atom. The van der Waals surface area contributed by atoms with E-state index in [-0.39, 0.29) is 23.5 Å². The van der Waals surface area contributed by atoms with Gasteiger partial charge in [0.25, 0.3) is 0 Å². The second kappa shape index (κ2) is 8.00. The number of aromatic nitrogens is 3. The first kappa shape index (κ1) is 19.9. The zero-order valence-corrected chi connectivity index (χ0v) is 15.6. The molecule has 1 aromatic carbocycles. The van der Waals surface area contributed by atoms with Crippen LogP contribution < -0.4 is 0 Å². The fraction of sp³-hybridized carbons (Fsp3) is 0.350. The summed E-state index contributed by atoms with van der Waals surface area (Å²) >= 11 is 0. The Hall–Kier alpha value is -2.90. The molecule has 28 heavy (non-hydrogen) atoms. The molecule has 0 aliphatic heterocycles. The fourth-order valence-electron chi connectivity index (χ4n) is 2.78. The third kappa shape index (κ3) is 4.16. The smallest absolute Gasteiger partial charge is 0.433 e. The van der Waals surface area contributed by atoms with Gasteiger partial charge in [-0.1, -0.05) is 49.6 Å². The molecule has 5 nitrogen and oxygen atoms in total. The summed E-state index contributed by atoms with van der Waals surface area (Å²) in [4.78, 5) is 16.6. The van der Waals surface area contributed by atoms with Crippen molar-refractivity contribution in [3.05, 3.63) is 53.3 Å². The van der Waals surface area contributed by atoms with Crippen LogP contribution in [0.2, 0.25) is 0 Å². The van der Waals surface area contributed by atoms with Gasteiger partial charge in [0.15, 0.2) is 11.3 Å². The molecule has 0 atom stereocenters. The molecule has 0 fully saturated rings. The number of nitrogens with zero attached hydrogens (tertiary/aromatic N) is 3. The third-order valence-corrected chi connectivity index (χ3v) is 4.31. The summed E-state index contributed by atoms with van der Waals surface area (Å²) < 4.78 is 46.5. The van der Waals surface area contributed by atoms with Gasteiger partial charge in [-0.3, -0.25) is 0 Å². The van der Waals surface area contributed by atoms with Crippen LogP contribution in [-0.4, -0.2) is 27.2 Å². The van der Waals surface area contributed by atoms with E-state index in [1.54, 1.807) is 24.3 Å². The highest BCUT2D eigenvalue weighted by Crippen LogP contribution is 2.32. The van der Waals surface area contributed by atoms with Crippen LogP contribution in [0.1, 0.15) is 47.8 Å². The number of benzene rings is 1. The van der Waals surface area contributed by atoms with Gasteiger partial charge < -0.3 is 4.74 Å². The topological polar surface area (TPSA) is 56.5 Å². The molecular formula is C20H20F3N3O2. The predicted octanol–water partition coefficient (Wildman–Crippen LogP) is 5.07. The van der Waals surface area contributed by atoms with Gasteiger partial charge in [0, 0.05) is 5.56 Å². The summed E-state index contributed by atoms with van der Waals surface area (Å²) in [6.45, 7) is 4.10. The lowest BCUT2D eigenvalue weighted by atomic mass is 10.1. The average molecular weight is 391 g/mol. The van der Waals surface area contributed by atoms with Gasteiger partial charge in [0.05, 0.1) is 18.5 Å². The highest BCUT2D eigenvalue weighted by molar-refractivity contribution is 5.96. The minimum atomic E-state index is -4.66. The molecule has 0 aliphatic rings. The molecule has 0 saturated heterocycles. The lowest BCUT2D eigenvalue weighted by Crippen LogP contribution is -2.14. The summed E-state index contributed by atoms with van der Waals surface area (Å²) in [7, 11) is 0. The minimum absolute atomic E-state index is 0.0871. The Balaban J connectivity index is 2.06. The van der Waals surface area contributed by atoms with E-state index in [0.29, 0.717) is 16.5 Å². The number of fused-ring (bicyclic) bond motifs is 1. The number of ether oxygens (including phenoxy) is 1. The van der Waals surface area contributed by atoms with Crippen molar-refractivity contribution in [1.82, 2.24) is 14.6 Å². The number of carbonyl (C=O) groups excluding carboxylic acids is 1. The van der Waals surface area contributed by atoms with Gasteiger partial charge >= 0.3 is 12.1 Å². The molecule has 8 heteroatoms. The van der Waals surface area contributed by atoms with Crippen LogP contribution in [0.3, 0.4) is 0 Å². The second-order valence-electron chi connectivity index (χ2n) is 6.53. The number of halogens is 3. The molecular weight excluding hydrogens is 371 g/mol. The van der Waals surface area contributed by atoms with Gasteiger partial charge in [-0.25, -0.2) is 14.3 Å². The third-order valence-electron chi connectivity index (χ3n) is 4.31. The Kier molecular flexibility index (Phi) is 5.67. The van der Waals surface area contributed by atoms with Crippen molar-refractivity contribution in [2.45, 2.75) is 39.3 Å². The summed E-state index contributed by atoms with van der Waals surface area (Å²) in [5.41, 5.74) is 0.337. The largest absolute Gasteiger partial charge is 0.462 e. The Bertz CT molecular complexity index is 979. The number of hydrogen-bond acceptors (Lipinski definition) is 4. The molecule has 148 valence electrons. The number of esters is 1. The first-order valence-electron chi connectivity index (χ1n) is 9.01. The molecule has 0 N–H and O–H groups in total. The van der Waals surface area contributed by atoms with Crippen molar-refractivity contribution in [1.29, 1.82) is 0 Å². The van der Waals surface area contributed by atoms with Crippen molar-refractivity contribution in [3.63, 3.8) is 0 Å². The Labute approximate surface area is 160 Å². The van der Waals surface area contributed by atoms with E-state index in [2.05, 4.69) is 10.1 Å².